The number of ether oxygens (including phenoxy) is 1. The van der Waals surface area contributed by atoms with Crippen LogP contribution in [-0.4, -0.2) is 59.4 Å². The van der Waals surface area contributed by atoms with Gasteiger partial charge in [0.1, 0.15) is 11.6 Å². The number of nitrogens with two attached hydrogens (primary N) is 1. The second-order valence-electron chi connectivity index (χ2n) is 8.83. The van der Waals surface area contributed by atoms with Crippen molar-refractivity contribution in [3.8, 4) is 22.6 Å². The number of aryl methyl sites for hydroxylation is 2. The van der Waals surface area contributed by atoms with E-state index in [4.69, 9.17) is 25.0 Å². The molecular formula is C25H34N6O2. The molecule has 1 aliphatic rings. The molecular weight excluding hydrogens is 416 g/mol. The van der Waals surface area contributed by atoms with E-state index in [-0.39, 0.29) is 0 Å². The number of nitrogens with one attached hydrogen (secondary N) is 1. The van der Waals surface area contributed by atoms with Crippen molar-refractivity contribution in [3.05, 3.63) is 46.8 Å². The monoisotopic (exact) mass is 450 g/mol. The standard InChI is InChI=1S/C25H34N6O2/c1-16-23(22-17(2)30-33-18(22)3)28-25(29-24(16)27-21-8-12-32-13-9-21)20-7-5-6-19(14-20)15-31(4)11-10-26/h5-7,14,21H,8-13,15,26H2,1-4H3,(H,27,28,29). The first kappa shape index (κ1) is 23.4. The molecule has 4 rings (SSSR count). The molecule has 0 amide bonds. The zero-order valence-electron chi connectivity index (χ0n) is 20.0. The van der Waals surface area contributed by atoms with Crippen molar-refractivity contribution in [1.82, 2.24) is 20.0 Å². The predicted molar refractivity (Wildman–Crippen MR) is 130 cm³/mol. The second kappa shape index (κ2) is 10.4. The Morgan fingerprint density at radius 2 is 1.94 bits per heavy atom. The molecule has 0 spiro atoms. The first-order valence-electron chi connectivity index (χ1n) is 11.6. The molecule has 0 aliphatic carbocycles. The lowest BCUT2D eigenvalue weighted by molar-refractivity contribution is 0.0904. The SMILES string of the molecule is Cc1noc(C)c1-c1nc(-c2cccc(CN(C)CCN)c2)nc(NC2CCOCC2)c1C. The van der Waals surface area contributed by atoms with Crippen molar-refractivity contribution < 1.29 is 9.26 Å². The molecule has 2 aromatic heterocycles. The minimum Gasteiger partial charge on any atom is -0.381 e. The van der Waals surface area contributed by atoms with Gasteiger partial charge in [-0.2, -0.15) is 0 Å². The average Bonchev–Trinajstić information content (AvgIpc) is 3.14. The highest BCUT2D eigenvalue weighted by molar-refractivity contribution is 5.74. The number of rotatable bonds is 8. The van der Waals surface area contributed by atoms with Gasteiger partial charge in [-0.3, -0.25) is 0 Å². The summed E-state index contributed by atoms with van der Waals surface area (Å²) in [6, 6.07) is 8.74. The predicted octanol–water partition coefficient (Wildman–Crippen LogP) is 3.71. The number of nitrogens with zero attached hydrogens (tertiary/aromatic N) is 4. The fourth-order valence-electron chi connectivity index (χ4n) is 4.31. The molecule has 0 saturated carbocycles. The molecule has 176 valence electrons. The lowest BCUT2D eigenvalue weighted by Gasteiger charge is -2.25. The van der Waals surface area contributed by atoms with Crippen molar-refractivity contribution in [3.63, 3.8) is 0 Å². The van der Waals surface area contributed by atoms with Crippen LogP contribution in [0.5, 0.6) is 0 Å². The van der Waals surface area contributed by atoms with Crippen LogP contribution in [0.1, 0.15) is 35.4 Å². The second-order valence-corrected chi connectivity index (χ2v) is 8.83. The Kier molecular flexibility index (Phi) is 7.37. The number of anilines is 1. The van der Waals surface area contributed by atoms with E-state index in [2.05, 4.69) is 53.6 Å². The summed E-state index contributed by atoms with van der Waals surface area (Å²) < 4.78 is 11.0. The fraction of sp³-hybridized carbons (Fsp3) is 0.480. The lowest BCUT2D eigenvalue weighted by Crippen LogP contribution is -2.28. The summed E-state index contributed by atoms with van der Waals surface area (Å²) in [4.78, 5) is 12.2. The first-order valence-corrected chi connectivity index (χ1v) is 11.6. The zero-order valence-corrected chi connectivity index (χ0v) is 20.0. The summed E-state index contributed by atoms with van der Waals surface area (Å²) in [5, 5.41) is 7.82. The molecule has 8 nitrogen and oxygen atoms in total. The molecule has 0 unspecified atom stereocenters. The minimum atomic E-state index is 0.328. The van der Waals surface area contributed by atoms with Crippen LogP contribution in [0.15, 0.2) is 28.8 Å². The van der Waals surface area contributed by atoms with Crippen LogP contribution in [0.2, 0.25) is 0 Å². The Labute approximate surface area is 195 Å². The van der Waals surface area contributed by atoms with E-state index in [1.807, 2.05) is 13.8 Å². The highest BCUT2D eigenvalue weighted by Crippen LogP contribution is 2.33. The van der Waals surface area contributed by atoms with Gasteiger partial charge in [0.2, 0.25) is 0 Å². The van der Waals surface area contributed by atoms with Crippen LogP contribution in [0.25, 0.3) is 22.6 Å². The molecule has 1 aliphatic heterocycles. The quantitative estimate of drug-likeness (QED) is 0.536. The number of hydrogen-bond acceptors (Lipinski definition) is 8. The van der Waals surface area contributed by atoms with Gasteiger partial charge >= 0.3 is 0 Å². The van der Waals surface area contributed by atoms with Gasteiger partial charge in [-0.1, -0.05) is 23.4 Å². The van der Waals surface area contributed by atoms with Crippen molar-refractivity contribution in [2.24, 2.45) is 5.73 Å². The molecule has 1 fully saturated rings. The Balaban J connectivity index is 1.76. The third-order valence-corrected chi connectivity index (χ3v) is 6.13. The van der Waals surface area contributed by atoms with Crippen molar-refractivity contribution in [2.45, 2.75) is 46.2 Å². The third kappa shape index (κ3) is 5.40. The van der Waals surface area contributed by atoms with E-state index in [1.54, 1.807) is 0 Å². The summed E-state index contributed by atoms with van der Waals surface area (Å²) in [5.41, 5.74) is 11.5. The van der Waals surface area contributed by atoms with Gasteiger partial charge in [-0.05, 0) is 52.3 Å². The summed E-state index contributed by atoms with van der Waals surface area (Å²) in [6.45, 7) is 9.78. The van der Waals surface area contributed by atoms with E-state index in [9.17, 15) is 0 Å². The third-order valence-electron chi connectivity index (χ3n) is 6.13. The van der Waals surface area contributed by atoms with Crippen molar-refractivity contribution in [1.29, 1.82) is 0 Å². The van der Waals surface area contributed by atoms with Crippen LogP contribution in [-0.2, 0) is 11.3 Å². The molecule has 3 heterocycles. The number of likely N-dealkylation sites (N-methyl/N-ethyl adjacent to an activating group) is 1. The van der Waals surface area contributed by atoms with Gasteiger partial charge in [0.15, 0.2) is 5.82 Å². The van der Waals surface area contributed by atoms with E-state index in [1.165, 1.54) is 5.56 Å². The van der Waals surface area contributed by atoms with E-state index >= 15 is 0 Å². The molecule has 8 heteroatoms. The summed E-state index contributed by atoms with van der Waals surface area (Å²) >= 11 is 0. The van der Waals surface area contributed by atoms with Crippen LogP contribution in [0, 0.1) is 20.8 Å². The maximum absolute atomic E-state index is 5.71. The Morgan fingerprint density at radius 1 is 1.15 bits per heavy atom. The molecule has 1 saturated heterocycles. The molecule has 3 aromatic rings. The maximum atomic E-state index is 5.71. The Bertz CT molecular complexity index is 1070. The summed E-state index contributed by atoms with van der Waals surface area (Å²) in [6.07, 6.45) is 1.92. The van der Waals surface area contributed by atoms with Crippen molar-refractivity contribution >= 4 is 5.82 Å². The number of aromatic nitrogens is 3. The van der Waals surface area contributed by atoms with Crippen molar-refractivity contribution in [2.75, 3.05) is 38.7 Å². The zero-order chi connectivity index (χ0) is 23.4. The number of hydrogen-bond donors (Lipinski definition) is 2. The first-order chi connectivity index (χ1) is 16.0. The Morgan fingerprint density at radius 3 is 2.64 bits per heavy atom. The normalized spacial score (nSPS) is 14.7. The topological polar surface area (TPSA) is 102 Å². The lowest BCUT2D eigenvalue weighted by atomic mass is 10.0. The maximum Gasteiger partial charge on any atom is 0.162 e. The van der Waals surface area contributed by atoms with Gasteiger partial charge in [0.05, 0.1) is 17.0 Å². The smallest absolute Gasteiger partial charge is 0.162 e. The average molecular weight is 451 g/mol. The van der Waals surface area contributed by atoms with Crippen LogP contribution >= 0.6 is 0 Å². The summed E-state index contributed by atoms with van der Waals surface area (Å²) in [7, 11) is 2.08. The van der Waals surface area contributed by atoms with Crippen LogP contribution < -0.4 is 11.1 Å². The van der Waals surface area contributed by atoms with Crippen LogP contribution in [0.3, 0.4) is 0 Å². The molecule has 0 radical (unpaired) electrons. The van der Waals surface area contributed by atoms with Crippen LogP contribution in [0.4, 0.5) is 5.82 Å². The minimum absolute atomic E-state index is 0.328. The van der Waals surface area contributed by atoms with E-state index in [0.29, 0.717) is 18.4 Å². The largest absolute Gasteiger partial charge is 0.381 e. The van der Waals surface area contributed by atoms with Gasteiger partial charge in [0.25, 0.3) is 0 Å². The highest BCUT2D eigenvalue weighted by atomic mass is 16.5. The van der Waals surface area contributed by atoms with Gasteiger partial charge in [0, 0.05) is 50.0 Å². The fourth-order valence-corrected chi connectivity index (χ4v) is 4.31. The molecule has 1 aromatic carbocycles. The van der Waals surface area contributed by atoms with Gasteiger partial charge in [-0.15, -0.1) is 0 Å². The molecule has 0 bridgehead atoms. The van der Waals surface area contributed by atoms with Gasteiger partial charge < -0.3 is 25.2 Å². The highest BCUT2D eigenvalue weighted by Gasteiger charge is 2.22. The van der Waals surface area contributed by atoms with Gasteiger partial charge in [-0.25, -0.2) is 9.97 Å². The molecule has 3 N–H and O–H groups in total. The molecule has 33 heavy (non-hydrogen) atoms. The number of benzene rings is 1. The Hall–Kier alpha value is -2.81. The van der Waals surface area contributed by atoms with E-state index < -0.39 is 0 Å². The summed E-state index contributed by atoms with van der Waals surface area (Å²) in [5.74, 6) is 2.30. The van der Waals surface area contributed by atoms with E-state index in [0.717, 1.165) is 78.8 Å². The molecule has 0 atom stereocenters.